The van der Waals surface area contributed by atoms with Crippen LogP contribution < -0.4 is 0 Å². The number of aromatic nitrogens is 1. The number of benzene rings is 1. The standard InChI is InChI=1S/C14H7Cl3F3NO2/c1-23-13(22)10-7(14(18,19)20)2-3-21-12(10)11-8(16)4-6(15)5-9(11)17/h2-5H,1H3. The van der Waals surface area contributed by atoms with Crippen LogP contribution in [0.25, 0.3) is 11.3 Å². The SMILES string of the molecule is COC(=O)c1c(C(F)(F)F)ccnc1-c1c(Cl)cc(Cl)cc1Cl. The van der Waals surface area contributed by atoms with Gasteiger partial charge in [0.2, 0.25) is 0 Å². The number of alkyl halides is 3. The van der Waals surface area contributed by atoms with Crippen LogP contribution in [0, 0.1) is 0 Å². The number of nitrogens with zero attached hydrogens (tertiary/aromatic N) is 1. The second-order valence-electron chi connectivity index (χ2n) is 4.32. The molecule has 0 saturated carbocycles. The number of esters is 1. The van der Waals surface area contributed by atoms with E-state index < -0.39 is 23.3 Å². The summed E-state index contributed by atoms with van der Waals surface area (Å²) in [6, 6.07) is 3.24. The van der Waals surface area contributed by atoms with Gasteiger partial charge in [-0.25, -0.2) is 4.79 Å². The molecule has 0 fully saturated rings. The second-order valence-corrected chi connectivity index (χ2v) is 5.57. The van der Waals surface area contributed by atoms with Crippen LogP contribution in [0.3, 0.4) is 0 Å². The molecule has 0 radical (unpaired) electrons. The van der Waals surface area contributed by atoms with Gasteiger partial charge in [-0.3, -0.25) is 4.98 Å². The van der Waals surface area contributed by atoms with E-state index in [2.05, 4.69) is 9.72 Å². The highest BCUT2D eigenvalue weighted by atomic mass is 35.5. The molecule has 0 bridgehead atoms. The monoisotopic (exact) mass is 383 g/mol. The van der Waals surface area contributed by atoms with Crippen molar-refractivity contribution < 1.29 is 22.7 Å². The van der Waals surface area contributed by atoms with Crippen molar-refractivity contribution in [3.8, 4) is 11.3 Å². The highest BCUT2D eigenvalue weighted by Gasteiger charge is 2.38. The van der Waals surface area contributed by atoms with Gasteiger partial charge >= 0.3 is 12.1 Å². The quantitative estimate of drug-likeness (QED) is 0.641. The van der Waals surface area contributed by atoms with Crippen molar-refractivity contribution in [2.75, 3.05) is 7.11 Å². The first kappa shape index (κ1) is 17.8. The van der Waals surface area contributed by atoms with Crippen molar-refractivity contribution in [1.82, 2.24) is 4.98 Å². The first-order chi connectivity index (χ1) is 10.7. The zero-order valence-corrected chi connectivity index (χ0v) is 13.6. The summed E-state index contributed by atoms with van der Waals surface area (Å²) >= 11 is 17.8. The van der Waals surface area contributed by atoms with E-state index in [0.717, 1.165) is 13.3 Å². The van der Waals surface area contributed by atoms with Gasteiger partial charge in [-0.1, -0.05) is 34.8 Å². The number of hydrogen-bond acceptors (Lipinski definition) is 3. The molecule has 2 rings (SSSR count). The number of methoxy groups -OCH3 is 1. The molecule has 0 amide bonds. The molecule has 1 aromatic heterocycles. The van der Waals surface area contributed by atoms with E-state index in [-0.39, 0.29) is 26.3 Å². The van der Waals surface area contributed by atoms with E-state index in [1.807, 2.05) is 0 Å². The van der Waals surface area contributed by atoms with Crippen LogP contribution in [0.15, 0.2) is 24.4 Å². The van der Waals surface area contributed by atoms with Gasteiger partial charge in [0.05, 0.1) is 34.0 Å². The van der Waals surface area contributed by atoms with Crippen LogP contribution in [0.1, 0.15) is 15.9 Å². The Morgan fingerprint density at radius 1 is 1.17 bits per heavy atom. The second kappa shape index (κ2) is 6.55. The summed E-state index contributed by atoms with van der Waals surface area (Å²) in [6.07, 6.45) is -3.88. The van der Waals surface area contributed by atoms with Crippen LogP contribution in [-0.2, 0) is 10.9 Å². The molecule has 122 valence electrons. The minimum Gasteiger partial charge on any atom is -0.465 e. The molecule has 0 spiro atoms. The Labute approximate surface area is 143 Å². The minimum absolute atomic E-state index is 0.0377. The summed E-state index contributed by atoms with van der Waals surface area (Å²) in [5, 5.41) is 0.106. The molecule has 1 aromatic carbocycles. The minimum atomic E-state index is -4.79. The highest BCUT2D eigenvalue weighted by Crippen LogP contribution is 2.41. The summed E-state index contributed by atoms with van der Waals surface area (Å²) in [5.74, 6) is -1.21. The lowest BCUT2D eigenvalue weighted by Crippen LogP contribution is -2.16. The van der Waals surface area contributed by atoms with E-state index in [0.29, 0.717) is 6.07 Å². The maximum Gasteiger partial charge on any atom is 0.417 e. The third kappa shape index (κ3) is 3.54. The largest absolute Gasteiger partial charge is 0.465 e. The van der Waals surface area contributed by atoms with Crippen LogP contribution in [0.4, 0.5) is 13.2 Å². The average molecular weight is 385 g/mol. The Bertz CT molecular complexity index is 755. The molecular weight excluding hydrogens is 378 g/mol. The van der Waals surface area contributed by atoms with Gasteiger partial charge in [-0.15, -0.1) is 0 Å². The van der Waals surface area contributed by atoms with E-state index >= 15 is 0 Å². The molecule has 3 nitrogen and oxygen atoms in total. The van der Waals surface area contributed by atoms with Gasteiger partial charge in [0.15, 0.2) is 0 Å². The Hall–Kier alpha value is -1.50. The van der Waals surface area contributed by atoms with Crippen LogP contribution in [-0.4, -0.2) is 18.1 Å². The molecule has 0 N–H and O–H groups in total. The summed E-state index contributed by atoms with van der Waals surface area (Å²) in [5.41, 5.74) is -2.34. The van der Waals surface area contributed by atoms with Crippen LogP contribution >= 0.6 is 34.8 Å². The van der Waals surface area contributed by atoms with E-state index in [9.17, 15) is 18.0 Å². The Balaban J connectivity index is 2.86. The first-order valence-corrected chi connectivity index (χ1v) is 7.09. The van der Waals surface area contributed by atoms with Crippen molar-refractivity contribution in [1.29, 1.82) is 0 Å². The highest BCUT2D eigenvalue weighted by molar-refractivity contribution is 6.42. The average Bonchev–Trinajstić information content (AvgIpc) is 2.44. The predicted octanol–water partition coefficient (Wildman–Crippen LogP) is 5.51. The number of carbonyl (C=O) groups excluding carboxylic acids is 1. The van der Waals surface area contributed by atoms with Crippen LogP contribution in [0.5, 0.6) is 0 Å². The van der Waals surface area contributed by atoms with Gasteiger partial charge in [0, 0.05) is 16.8 Å². The number of hydrogen-bond donors (Lipinski definition) is 0. The molecule has 0 aliphatic carbocycles. The van der Waals surface area contributed by atoms with E-state index in [4.69, 9.17) is 34.8 Å². The first-order valence-electron chi connectivity index (χ1n) is 5.96. The Kier molecular flexibility index (Phi) is 5.08. The number of halogens is 6. The predicted molar refractivity (Wildman–Crippen MR) is 81.0 cm³/mol. The number of carbonyl (C=O) groups is 1. The molecule has 0 atom stereocenters. The fourth-order valence-corrected chi connectivity index (χ4v) is 2.96. The molecule has 0 aliphatic rings. The molecule has 2 aromatic rings. The molecule has 0 aliphatic heterocycles. The van der Waals surface area contributed by atoms with Crippen molar-refractivity contribution in [2.24, 2.45) is 0 Å². The van der Waals surface area contributed by atoms with Gasteiger partial charge < -0.3 is 4.74 Å². The van der Waals surface area contributed by atoms with E-state index in [1.54, 1.807) is 0 Å². The normalized spacial score (nSPS) is 11.4. The summed E-state index contributed by atoms with van der Waals surface area (Å²) in [4.78, 5) is 15.7. The fraction of sp³-hybridized carbons (Fsp3) is 0.143. The van der Waals surface area contributed by atoms with Crippen molar-refractivity contribution in [3.05, 3.63) is 50.6 Å². The summed E-state index contributed by atoms with van der Waals surface area (Å²) in [6.45, 7) is 0. The van der Waals surface area contributed by atoms with Crippen molar-refractivity contribution >= 4 is 40.8 Å². The third-order valence-corrected chi connectivity index (χ3v) is 3.70. The zero-order valence-electron chi connectivity index (χ0n) is 11.3. The lowest BCUT2D eigenvalue weighted by atomic mass is 10.0. The topological polar surface area (TPSA) is 39.2 Å². The number of pyridine rings is 1. The van der Waals surface area contributed by atoms with Gasteiger partial charge in [0.1, 0.15) is 0 Å². The lowest BCUT2D eigenvalue weighted by molar-refractivity contribution is -0.138. The molecule has 23 heavy (non-hydrogen) atoms. The maximum absolute atomic E-state index is 13.2. The number of ether oxygens (including phenoxy) is 1. The molecule has 0 unspecified atom stereocenters. The van der Waals surface area contributed by atoms with Crippen LogP contribution in [0.2, 0.25) is 15.1 Å². The third-order valence-electron chi connectivity index (χ3n) is 2.89. The molecule has 9 heteroatoms. The van der Waals surface area contributed by atoms with Crippen molar-refractivity contribution in [3.63, 3.8) is 0 Å². The van der Waals surface area contributed by atoms with Gasteiger partial charge in [-0.2, -0.15) is 13.2 Å². The smallest absolute Gasteiger partial charge is 0.417 e. The van der Waals surface area contributed by atoms with Crippen molar-refractivity contribution in [2.45, 2.75) is 6.18 Å². The lowest BCUT2D eigenvalue weighted by Gasteiger charge is -2.16. The summed E-state index contributed by atoms with van der Waals surface area (Å²) in [7, 11) is 0.963. The Morgan fingerprint density at radius 3 is 2.22 bits per heavy atom. The van der Waals surface area contributed by atoms with Gasteiger partial charge in [-0.05, 0) is 18.2 Å². The molecule has 1 heterocycles. The maximum atomic E-state index is 13.2. The molecular formula is C14H7Cl3F3NO2. The summed E-state index contributed by atoms with van der Waals surface area (Å²) < 4.78 is 44.0. The zero-order chi connectivity index (χ0) is 17.4. The Morgan fingerprint density at radius 2 is 1.74 bits per heavy atom. The van der Waals surface area contributed by atoms with Gasteiger partial charge in [0.25, 0.3) is 0 Å². The number of rotatable bonds is 2. The fourth-order valence-electron chi connectivity index (χ4n) is 1.96. The molecule has 0 saturated heterocycles. The van der Waals surface area contributed by atoms with E-state index in [1.165, 1.54) is 12.1 Å².